The summed E-state index contributed by atoms with van der Waals surface area (Å²) in [5, 5.41) is 9.41. The van der Waals surface area contributed by atoms with E-state index in [9.17, 15) is 4.79 Å². The first-order valence-corrected chi connectivity index (χ1v) is 7.24. The minimum Gasteiger partial charge on any atom is -0.467 e. The minimum atomic E-state index is -0.410. The van der Waals surface area contributed by atoms with Gasteiger partial charge in [-0.15, -0.1) is 0 Å². The van der Waals surface area contributed by atoms with Gasteiger partial charge in [0.15, 0.2) is 5.11 Å². The van der Waals surface area contributed by atoms with Gasteiger partial charge in [-0.1, -0.05) is 18.2 Å². The molecule has 1 aromatic carbocycles. The van der Waals surface area contributed by atoms with Crippen molar-refractivity contribution >= 4 is 28.9 Å². The zero-order chi connectivity index (χ0) is 15.5. The first-order chi connectivity index (χ1) is 10.6. The van der Waals surface area contributed by atoms with E-state index in [1.807, 2.05) is 43.3 Å². The summed E-state index contributed by atoms with van der Waals surface area (Å²) in [7, 11) is 0. The number of allylic oxidation sites excluding steroid dienone is 1. The van der Waals surface area contributed by atoms with Crippen LogP contribution in [-0.4, -0.2) is 11.0 Å². The summed E-state index contributed by atoms with van der Waals surface area (Å²) >= 11 is 5.17. The summed E-state index contributed by atoms with van der Waals surface area (Å²) in [6, 6.07) is 12.5. The Hall–Kier alpha value is -2.60. The number of benzene rings is 1. The van der Waals surface area contributed by atoms with Crippen LogP contribution in [0.3, 0.4) is 0 Å². The van der Waals surface area contributed by atoms with Gasteiger partial charge in [-0.2, -0.15) is 0 Å². The Morgan fingerprint density at radius 2 is 2.00 bits per heavy atom. The molecule has 0 bridgehead atoms. The van der Waals surface area contributed by atoms with Gasteiger partial charge in [-0.25, -0.2) is 0 Å². The van der Waals surface area contributed by atoms with E-state index in [1.165, 1.54) is 0 Å². The molecule has 1 aromatic heterocycles. The van der Waals surface area contributed by atoms with E-state index < -0.39 is 6.04 Å². The van der Waals surface area contributed by atoms with Crippen LogP contribution in [0.4, 0.5) is 5.69 Å². The number of carbonyl (C=O) groups excluding carboxylic acids is 1. The summed E-state index contributed by atoms with van der Waals surface area (Å²) in [5.41, 5.74) is 1.99. The molecule has 22 heavy (non-hydrogen) atoms. The van der Waals surface area contributed by atoms with Crippen LogP contribution in [0, 0.1) is 0 Å². The molecule has 0 saturated heterocycles. The van der Waals surface area contributed by atoms with Gasteiger partial charge < -0.3 is 20.4 Å². The lowest BCUT2D eigenvalue weighted by Crippen LogP contribution is -2.45. The minimum absolute atomic E-state index is 0.201. The molecule has 6 heteroatoms. The zero-order valence-corrected chi connectivity index (χ0v) is 12.7. The number of carbonyl (C=O) groups is 1. The molecular formula is C16H15N3O2S. The van der Waals surface area contributed by atoms with Gasteiger partial charge in [0.2, 0.25) is 0 Å². The lowest BCUT2D eigenvalue weighted by Gasteiger charge is -2.28. The third kappa shape index (κ3) is 2.87. The van der Waals surface area contributed by atoms with Crippen molar-refractivity contribution in [1.29, 1.82) is 0 Å². The number of nitrogens with one attached hydrogen (secondary N) is 3. The van der Waals surface area contributed by atoms with Gasteiger partial charge in [0.25, 0.3) is 5.91 Å². The molecule has 2 aromatic rings. The molecule has 5 nitrogen and oxygen atoms in total. The number of anilines is 1. The first-order valence-electron chi connectivity index (χ1n) is 6.83. The molecule has 0 radical (unpaired) electrons. The second kappa shape index (κ2) is 6.03. The fourth-order valence-corrected chi connectivity index (χ4v) is 2.65. The Bertz CT molecular complexity index is 723. The highest BCUT2D eigenvalue weighted by Crippen LogP contribution is 2.27. The van der Waals surface area contributed by atoms with Crippen LogP contribution in [0.1, 0.15) is 18.7 Å². The molecule has 0 fully saturated rings. The Kier molecular flexibility index (Phi) is 3.93. The second-order valence-corrected chi connectivity index (χ2v) is 5.31. The maximum Gasteiger partial charge on any atom is 0.255 e. The SMILES string of the molecule is CC1=C(C(=O)Nc2ccccc2)[C@@H](c2ccco2)NC(=S)N1. The molecule has 1 amide bonds. The van der Waals surface area contributed by atoms with E-state index in [2.05, 4.69) is 16.0 Å². The predicted molar refractivity (Wildman–Crippen MR) is 88.1 cm³/mol. The van der Waals surface area contributed by atoms with E-state index in [0.29, 0.717) is 22.1 Å². The summed E-state index contributed by atoms with van der Waals surface area (Å²) in [6.45, 7) is 1.82. The number of amides is 1. The average Bonchev–Trinajstić information content (AvgIpc) is 3.01. The molecule has 0 saturated carbocycles. The van der Waals surface area contributed by atoms with E-state index in [-0.39, 0.29) is 5.91 Å². The molecule has 0 unspecified atom stereocenters. The molecule has 1 atom stereocenters. The number of hydrogen-bond donors (Lipinski definition) is 3. The van der Waals surface area contributed by atoms with E-state index in [1.54, 1.807) is 12.3 Å². The van der Waals surface area contributed by atoms with Crippen molar-refractivity contribution in [2.24, 2.45) is 0 Å². The number of furan rings is 1. The van der Waals surface area contributed by atoms with Crippen LogP contribution in [0.25, 0.3) is 0 Å². The van der Waals surface area contributed by atoms with Crippen LogP contribution < -0.4 is 16.0 Å². The largest absolute Gasteiger partial charge is 0.467 e. The smallest absolute Gasteiger partial charge is 0.255 e. The number of para-hydroxylation sites is 1. The van der Waals surface area contributed by atoms with Gasteiger partial charge in [0, 0.05) is 11.4 Å². The Morgan fingerprint density at radius 1 is 1.23 bits per heavy atom. The van der Waals surface area contributed by atoms with Crippen molar-refractivity contribution in [3.8, 4) is 0 Å². The van der Waals surface area contributed by atoms with Gasteiger partial charge in [0.05, 0.1) is 11.8 Å². The van der Waals surface area contributed by atoms with Crippen LogP contribution in [-0.2, 0) is 4.79 Å². The highest BCUT2D eigenvalue weighted by atomic mass is 32.1. The molecule has 1 aliphatic heterocycles. The quantitative estimate of drug-likeness (QED) is 0.760. The lowest BCUT2D eigenvalue weighted by atomic mass is 10.00. The Balaban J connectivity index is 1.92. The standard InChI is InChI=1S/C16H15N3O2S/c1-10-13(15(20)18-11-6-3-2-4-7-11)14(19-16(22)17-10)12-8-5-9-21-12/h2-9,14H,1H3,(H,18,20)(H2,17,19,22)/t14-/m1/s1. The van der Waals surface area contributed by atoms with Crippen molar-refractivity contribution < 1.29 is 9.21 Å². The number of thiocarbonyl (C=S) groups is 1. The molecular weight excluding hydrogens is 298 g/mol. The van der Waals surface area contributed by atoms with Crippen LogP contribution in [0.2, 0.25) is 0 Å². The molecule has 3 N–H and O–H groups in total. The Labute approximate surface area is 133 Å². The lowest BCUT2D eigenvalue weighted by molar-refractivity contribution is -0.113. The number of hydrogen-bond acceptors (Lipinski definition) is 3. The molecule has 0 aliphatic carbocycles. The molecule has 2 heterocycles. The van der Waals surface area contributed by atoms with Crippen molar-refractivity contribution in [3.05, 3.63) is 65.8 Å². The fraction of sp³-hybridized carbons (Fsp3) is 0.125. The van der Waals surface area contributed by atoms with Gasteiger partial charge >= 0.3 is 0 Å². The monoisotopic (exact) mass is 313 g/mol. The second-order valence-electron chi connectivity index (χ2n) is 4.91. The highest BCUT2D eigenvalue weighted by molar-refractivity contribution is 7.80. The normalized spacial score (nSPS) is 17.7. The van der Waals surface area contributed by atoms with Crippen molar-refractivity contribution in [3.63, 3.8) is 0 Å². The summed E-state index contributed by atoms with van der Waals surface area (Å²) in [4.78, 5) is 12.7. The number of rotatable bonds is 3. The van der Waals surface area contributed by atoms with Gasteiger partial charge in [-0.05, 0) is 43.4 Å². The molecule has 3 rings (SSSR count). The maximum absolute atomic E-state index is 12.7. The van der Waals surface area contributed by atoms with Crippen LogP contribution >= 0.6 is 12.2 Å². The van der Waals surface area contributed by atoms with E-state index in [0.717, 1.165) is 5.69 Å². The maximum atomic E-state index is 12.7. The third-order valence-corrected chi connectivity index (χ3v) is 3.59. The fourth-order valence-electron chi connectivity index (χ4n) is 2.38. The van der Waals surface area contributed by atoms with Crippen molar-refractivity contribution in [2.45, 2.75) is 13.0 Å². The third-order valence-electron chi connectivity index (χ3n) is 3.37. The topological polar surface area (TPSA) is 66.3 Å². The molecule has 0 spiro atoms. The van der Waals surface area contributed by atoms with E-state index in [4.69, 9.17) is 16.6 Å². The van der Waals surface area contributed by atoms with E-state index >= 15 is 0 Å². The van der Waals surface area contributed by atoms with Crippen molar-refractivity contribution in [1.82, 2.24) is 10.6 Å². The first kappa shape index (κ1) is 14.3. The zero-order valence-electron chi connectivity index (χ0n) is 11.9. The molecule has 112 valence electrons. The summed E-state index contributed by atoms with van der Waals surface area (Å²) < 4.78 is 5.44. The predicted octanol–water partition coefficient (Wildman–Crippen LogP) is 2.71. The summed E-state index contributed by atoms with van der Waals surface area (Å²) in [6.07, 6.45) is 1.57. The van der Waals surface area contributed by atoms with Gasteiger partial charge in [0.1, 0.15) is 11.8 Å². The van der Waals surface area contributed by atoms with Crippen LogP contribution in [0.5, 0.6) is 0 Å². The van der Waals surface area contributed by atoms with Gasteiger partial charge in [-0.3, -0.25) is 4.79 Å². The highest BCUT2D eigenvalue weighted by Gasteiger charge is 2.31. The molecule has 1 aliphatic rings. The summed E-state index contributed by atoms with van der Waals surface area (Å²) in [5.74, 6) is 0.439. The van der Waals surface area contributed by atoms with Crippen molar-refractivity contribution in [2.75, 3.05) is 5.32 Å². The average molecular weight is 313 g/mol. The Morgan fingerprint density at radius 3 is 2.68 bits per heavy atom. The van der Waals surface area contributed by atoms with Crippen LogP contribution in [0.15, 0.2) is 64.4 Å².